The third kappa shape index (κ3) is 4.29. The number of likely N-dealkylation sites (tertiary alicyclic amines) is 1. The third-order valence-corrected chi connectivity index (χ3v) is 3.92. The number of amides is 2. The Morgan fingerprint density at radius 2 is 2.04 bits per heavy atom. The number of hydrogen-bond acceptors (Lipinski definition) is 6. The number of halogens is 3. The Balaban J connectivity index is 1.79. The van der Waals surface area contributed by atoms with E-state index in [0.29, 0.717) is 22.3 Å². The smallest absolute Gasteiger partial charge is 0.406 e. The van der Waals surface area contributed by atoms with Gasteiger partial charge in [0.1, 0.15) is 5.75 Å². The summed E-state index contributed by atoms with van der Waals surface area (Å²) in [5.74, 6) is -0.779. The average Bonchev–Trinajstić information content (AvgIpc) is 3.19. The highest BCUT2D eigenvalue weighted by Crippen LogP contribution is 2.24. The predicted molar refractivity (Wildman–Crippen MR) is 86.9 cm³/mol. The molecule has 2 heterocycles. The number of rotatable bonds is 3. The molecule has 1 fully saturated rings. The average molecular weight is 400 g/mol. The number of alkyl halides is 3. The Labute approximate surface area is 155 Å². The first-order valence-corrected chi connectivity index (χ1v) is 8.11. The highest BCUT2D eigenvalue weighted by Gasteiger charge is 2.32. The van der Waals surface area contributed by atoms with E-state index in [0.717, 1.165) is 12.1 Å². The summed E-state index contributed by atoms with van der Waals surface area (Å²) < 4.78 is 42.0. The van der Waals surface area contributed by atoms with Crippen molar-refractivity contribution in [3.05, 3.63) is 34.7 Å². The molecule has 0 saturated carbocycles. The quantitative estimate of drug-likeness (QED) is 0.752. The molecule has 28 heavy (non-hydrogen) atoms. The van der Waals surface area contributed by atoms with Crippen LogP contribution in [0.2, 0.25) is 0 Å². The summed E-state index contributed by atoms with van der Waals surface area (Å²) in [6, 6.07) is 3.58. The fourth-order valence-electron chi connectivity index (χ4n) is 2.81. The van der Waals surface area contributed by atoms with Crippen molar-refractivity contribution in [1.82, 2.24) is 30.0 Å². The molecule has 0 radical (unpaired) electrons. The summed E-state index contributed by atoms with van der Waals surface area (Å²) in [5.41, 5.74) is -1.000. The fourth-order valence-corrected chi connectivity index (χ4v) is 2.81. The van der Waals surface area contributed by atoms with Crippen molar-refractivity contribution in [3.63, 3.8) is 0 Å². The molecular formula is C15H15F3N6O4. The van der Waals surface area contributed by atoms with Crippen LogP contribution in [0.5, 0.6) is 5.75 Å². The van der Waals surface area contributed by atoms with E-state index in [9.17, 15) is 27.6 Å². The van der Waals surface area contributed by atoms with Gasteiger partial charge in [0.25, 0.3) is 0 Å². The van der Waals surface area contributed by atoms with E-state index in [1.54, 1.807) is 0 Å². The maximum absolute atomic E-state index is 12.5. The number of nitrogens with one attached hydrogen (secondary N) is 1. The van der Waals surface area contributed by atoms with Crippen molar-refractivity contribution in [2.45, 2.75) is 25.7 Å². The van der Waals surface area contributed by atoms with Crippen LogP contribution in [0.3, 0.4) is 0 Å². The minimum Gasteiger partial charge on any atom is -0.406 e. The van der Waals surface area contributed by atoms with E-state index >= 15 is 0 Å². The first-order valence-electron chi connectivity index (χ1n) is 8.11. The van der Waals surface area contributed by atoms with Crippen molar-refractivity contribution < 1.29 is 27.5 Å². The van der Waals surface area contributed by atoms with Crippen LogP contribution in [0.15, 0.2) is 29.1 Å². The molecule has 13 heteroatoms. The Morgan fingerprint density at radius 3 is 2.71 bits per heavy atom. The Morgan fingerprint density at radius 1 is 1.29 bits per heavy atom. The lowest BCUT2D eigenvalue weighted by atomic mass is 10.3. The van der Waals surface area contributed by atoms with Crippen LogP contribution in [0.25, 0.3) is 5.69 Å². The molecule has 1 aliphatic rings. The highest BCUT2D eigenvalue weighted by atomic mass is 19.4. The summed E-state index contributed by atoms with van der Waals surface area (Å²) in [6.45, 7) is 1.86. The molecule has 0 bridgehead atoms. The molecule has 1 N–H and O–H groups in total. The van der Waals surface area contributed by atoms with Crippen LogP contribution in [0.4, 0.5) is 18.0 Å². The maximum atomic E-state index is 12.5. The molecule has 2 aromatic rings. The van der Waals surface area contributed by atoms with Crippen molar-refractivity contribution in [2.75, 3.05) is 13.1 Å². The van der Waals surface area contributed by atoms with Crippen LogP contribution >= 0.6 is 0 Å². The van der Waals surface area contributed by atoms with E-state index in [1.165, 1.54) is 24.0 Å². The lowest BCUT2D eigenvalue weighted by Crippen LogP contribution is -2.42. The zero-order valence-electron chi connectivity index (χ0n) is 14.5. The van der Waals surface area contributed by atoms with Crippen LogP contribution in [-0.4, -0.2) is 62.1 Å². The summed E-state index contributed by atoms with van der Waals surface area (Å²) in [7, 11) is 0. The second-order valence-electron chi connectivity index (χ2n) is 6.04. The van der Waals surface area contributed by atoms with Gasteiger partial charge in [0, 0.05) is 32.1 Å². The van der Waals surface area contributed by atoms with E-state index in [4.69, 9.17) is 0 Å². The molecule has 1 saturated heterocycles. The second kappa shape index (κ2) is 7.32. The van der Waals surface area contributed by atoms with Crippen LogP contribution in [0.1, 0.15) is 13.3 Å². The van der Waals surface area contributed by atoms with Crippen LogP contribution in [0, 0.1) is 0 Å². The van der Waals surface area contributed by atoms with Gasteiger partial charge >= 0.3 is 18.1 Å². The molecule has 1 atom stereocenters. The zero-order chi connectivity index (χ0) is 20.5. The van der Waals surface area contributed by atoms with Crippen molar-refractivity contribution >= 4 is 11.9 Å². The molecule has 1 aromatic heterocycles. The Bertz CT molecular complexity index is 954. The minimum absolute atomic E-state index is 0.0525. The van der Waals surface area contributed by atoms with Gasteiger partial charge in [-0.1, -0.05) is 6.07 Å². The number of carbonyl (C=O) groups is 2. The molecule has 1 aromatic carbocycles. The van der Waals surface area contributed by atoms with E-state index in [-0.39, 0.29) is 24.2 Å². The lowest BCUT2D eigenvalue weighted by molar-refractivity contribution is -0.274. The SMILES string of the molecule is CC(=O)N[C@@H]1CCN(C(=O)n2nnn(-c3cccc(OC(F)(F)F)c3)c2=O)C1. The van der Waals surface area contributed by atoms with Gasteiger partial charge in [-0.05, 0) is 29.0 Å². The number of benzene rings is 1. The molecule has 2 amide bonds. The Kier molecular flexibility index (Phi) is 5.07. The van der Waals surface area contributed by atoms with Crippen LogP contribution in [-0.2, 0) is 4.79 Å². The van der Waals surface area contributed by atoms with Gasteiger partial charge in [-0.2, -0.15) is 4.68 Å². The van der Waals surface area contributed by atoms with Gasteiger partial charge in [-0.3, -0.25) is 4.79 Å². The van der Waals surface area contributed by atoms with E-state index in [2.05, 4.69) is 20.5 Å². The van der Waals surface area contributed by atoms with Crippen molar-refractivity contribution in [3.8, 4) is 11.4 Å². The van der Waals surface area contributed by atoms with Gasteiger partial charge in [-0.25, -0.2) is 9.59 Å². The highest BCUT2D eigenvalue weighted by molar-refractivity contribution is 5.76. The topological polar surface area (TPSA) is 111 Å². The van der Waals surface area contributed by atoms with Gasteiger partial charge in [-0.15, -0.1) is 17.9 Å². The first-order chi connectivity index (χ1) is 13.1. The molecule has 0 unspecified atom stereocenters. The van der Waals surface area contributed by atoms with Crippen LogP contribution < -0.4 is 15.7 Å². The van der Waals surface area contributed by atoms with Gasteiger partial charge in [0.15, 0.2) is 0 Å². The summed E-state index contributed by atoms with van der Waals surface area (Å²) in [4.78, 5) is 37.4. The maximum Gasteiger partial charge on any atom is 0.573 e. The Hall–Kier alpha value is -3.38. The monoisotopic (exact) mass is 400 g/mol. The molecule has 150 valence electrons. The van der Waals surface area contributed by atoms with Gasteiger partial charge in [0.2, 0.25) is 5.91 Å². The largest absolute Gasteiger partial charge is 0.573 e. The number of ether oxygens (including phenoxy) is 1. The second-order valence-corrected chi connectivity index (χ2v) is 6.04. The van der Waals surface area contributed by atoms with Gasteiger partial charge < -0.3 is 15.0 Å². The normalized spacial score (nSPS) is 16.9. The first kappa shape index (κ1) is 19.4. The van der Waals surface area contributed by atoms with E-state index in [1.807, 2.05) is 0 Å². The minimum atomic E-state index is -4.89. The zero-order valence-corrected chi connectivity index (χ0v) is 14.5. The van der Waals surface area contributed by atoms with E-state index < -0.39 is 23.8 Å². The fraction of sp³-hybridized carbons (Fsp3) is 0.400. The molecule has 1 aliphatic heterocycles. The third-order valence-electron chi connectivity index (χ3n) is 3.92. The number of nitrogens with zero attached hydrogens (tertiary/aromatic N) is 5. The number of carbonyl (C=O) groups excluding carboxylic acids is 2. The number of aromatic nitrogens is 4. The summed E-state index contributed by atoms with van der Waals surface area (Å²) >= 11 is 0. The standard InChI is InChI=1S/C15H15F3N6O4/c1-9(25)19-10-5-6-22(8-10)13(26)24-14(27)23(20-21-24)11-3-2-4-12(7-11)28-15(16,17)18/h2-4,7,10H,5-6,8H2,1H3,(H,19,25)/t10-/m1/s1. The number of tetrazole rings is 1. The predicted octanol–water partition coefficient (Wildman–Crippen LogP) is 0.506. The molecule has 0 aliphatic carbocycles. The van der Waals surface area contributed by atoms with Crippen molar-refractivity contribution in [1.29, 1.82) is 0 Å². The molecule has 10 nitrogen and oxygen atoms in total. The summed E-state index contributed by atoms with van der Waals surface area (Å²) in [6.07, 6.45) is -4.37. The molecular weight excluding hydrogens is 385 g/mol. The van der Waals surface area contributed by atoms with Gasteiger partial charge in [0.05, 0.1) is 5.69 Å². The lowest BCUT2D eigenvalue weighted by Gasteiger charge is -2.15. The summed E-state index contributed by atoms with van der Waals surface area (Å²) in [5, 5.41) is 9.73. The van der Waals surface area contributed by atoms with Crippen molar-refractivity contribution in [2.24, 2.45) is 0 Å². The number of hydrogen-bond donors (Lipinski definition) is 1. The molecule has 3 rings (SSSR count). The molecule has 0 spiro atoms.